The van der Waals surface area contributed by atoms with Crippen molar-refractivity contribution in [2.75, 3.05) is 18.0 Å². The van der Waals surface area contributed by atoms with Crippen molar-refractivity contribution in [3.8, 4) is 11.5 Å². The zero-order valence-electron chi connectivity index (χ0n) is 15.5. The van der Waals surface area contributed by atoms with Crippen molar-refractivity contribution in [1.29, 1.82) is 0 Å². The molecule has 0 atom stereocenters. The molecule has 8 heteroatoms. The molecule has 0 fully saturated rings. The van der Waals surface area contributed by atoms with E-state index in [4.69, 9.17) is 21.1 Å². The fourth-order valence-electron chi connectivity index (χ4n) is 2.57. The van der Waals surface area contributed by atoms with Crippen LogP contribution in [0.3, 0.4) is 0 Å². The molecule has 0 aliphatic carbocycles. The third-order valence-electron chi connectivity index (χ3n) is 3.99. The number of sulfonamides is 1. The summed E-state index contributed by atoms with van der Waals surface area (Å²) in [6, 6.07) is 20.3. The summed E-state index contributed by atoms with van der Waals surface area (Å²) in [6.45, 7) is -0.472. The van der Waals surface area contributed by atoms with Crippen LogP contribution in [0.1, 0.15) is 0 Å². The SMILES string of the molecule is COc1ccc(N(C(=O)COc2ccc(Cl)cc2)S(=O)(=O)c2ccccc2)cc1. The molecular formula is C21H18ClNO5S. The second-order valence-electron chi connectivity index (χ2n) is 5.92. The molecular weight excluding hydrogens is 414 g/mol. The Morgan fingerprint density at radius 2 is 1.48 bits per heavy atom. The molecule has 0 N–H and O–H groups in total. The van der Waals surface area contributed by atoms with Gasteiger partial charge in [-0.25, -0.2) is 8.42 Å². The lowest BCUT2D eigenvalue weighted by Gasteiger charge is -2.23. The minimum atomic E-state index is -4.14. The largest absolute Gasteiger partial charge is 0.497 e. The molecule has 0 saturated heterocycles. The second kappa shape index (κ2) is 8.98. The van der Waals surface area contributed by atoms with Crippen LogP contribution < -0.4 is 13.8 Å². The Morgan fingerprint density at radius 3 is 2.07 bits per heavy atom. The van der Waals surface area contributed by atoms with Gasteiger partial charge in [-0.3, -0.25) is 4.79 Å². The topological polar surface area (TPSA) is 72.9 Å². The van der Waals surface area contributed by atoms with Gasteiger partial charge in [0.25, 0.3) is 15.9 Å². The highest BCUT2D eigenvalue weighted by atomic mass is 35.5. The number of nitrogens with zero attached hydrogens (tertiary/aromatic N) is 1. The fourth-order valence-corrected chi connectivity index (χ4v) is 4.12. The lowest BCUT2D eigenvalue weighted by molar-refractivity contribution is -0.119. The number of carbonyl (C=O) groups excluding carboxylic acids is 1. The Morgan fingerprint density at radius 1 is 0.897 bits per heavy atom. The van der Waals surface area contributed by atoms with E-state index in [1.807, 2.05) is 0 Å². The zero-order chi connectivity index (χ0) is 20.9. The summed E-state index contributed by atoms with van der Waals surface area (Å²) < 4.78 is 37.7. The first-order valence-electron chi connectivity index (χ1n) is 8.57. The lowest BCUT2D eigenvalue weighted by atomic mass is 10.3. The second-order valence-corrected chi connectivity index (χ2v) is 8.14. The van der Waals surface area contributed by atoms with Crippen LogP contribution in [-0.2, 0) is 14.8 Å². The van der Waals surface area contributed by atoms with Crippen LogP contribution in [0.2, 0.25) is 5.02 Å². The Kier molecular flexibility index (Phi) is 6.41. The van der Waals surface area contributed by atoms with Gasteiger partial charge in [0.2, 0.25) is 0 Å². The number of hydrogen-bond acceptors (Lipinski definition) is 5. The van der Waals surface area contributed by atoms with Crippen molar-refractivity contribution in [1.82, 2.24) is 0 Å². The van der Waals surface area contributed by atoms with Crippen LogP contribution in [0.5, 0.6) is 11.5 Å². The molecule has 0 bridgehead atoms. The average molecular weight is 432 g/mol. The molecule has 0 heterocycles. The molecule has 150 valence electrons. The fraction of sp³-hybridized carbons (Fsp3) is 0.0952. The van der Waals surface area contributed by atoms with Crippen molar-refractivity contribution in [3.05, 3.63) is 83.9 Å². The first-order valence-corrected chi connectivity index (χ1v) is 10.4. The molecule has 0 saturated carbocycles. The van der Waals surface area contributed by atoms with Crippen molar-refractivity contribution in [2.45, 2.75) is 4.90 Å². The number of benzene rings is 3. The zero-order valence-corrected chi connectivity index (χ0v) is 17.1. The van der Waals surface area contributed by atoms with Crippen LogP contribution in [0.4, 0.5) is 5.69 Å². The minimum Gasteiger partial charge on any atom is -0.497 e. The number of methoxy groups -OCH3 is 1. The van der Waals surface area contributed by atoms with Crippen molar-refractivity contribution < 1.29 is 22.7 Å². The van der Waals surface area contributed by atoms with E-state index in [0.29, 0.717) is 16.5 Å². The van der Waals surface area contributed by atoms with Crippen LogP contribution in [0.25, 0.3) is 0 Å². The number of hydrogen-bond donors (Lipinski definition) is 0. The van der Waals surface area contributed by atoms with Crippen LogP contribution in [0.15, 0.2) is 83.8 Å². The highest BCUT2D eigenvalue weighted by Crippen LogP contribution is 2.26. The molecule has 0 spiro atoms. The highest BCUT2D eigenvalue weighted by molar-refractivity contribution is 7.93. The van der Waals surface area contributed by atoms with E-state index >= 15 is 0 Å². The van der Waals surface area contributed by atoms with E-state index in [9.17, 15) is 13.2 Å². The maximum Gasteiger partial charge on any atom is 0.278 e. The third-order valence-corrected chi connectivity index (χ3v) is 6.01. The molecule has 29 heavy (non-hydrogen) atoms. The van der Waals surface area contributed by atoms with Gasteiger partial charge < -0.3 is 9.47 Å². The van der Waals surface area contributed by atoms with E-state index in [1.54, 1.807) is 54.6 Å². The van der Waals surface area contributed by atoms with Crippen LogP contribution in [-0.4, -0.2) is 28.0 Å². The molecule has 0 unspecified atom stereocenters. The number of ether oxygens (including phenoxy) is 2. The number of rotatable bonds is 7. The maximum atomic E-state index is 13.2. The standard InChI is InChI=1S/C21H18ClNO5S/c1-27-18-13-9-17(10-14-18)23(29(25,26)20-5-3-2-4-6-20)21(24)15-28-19-11-7-16(22)8-12-19/h2-14H,15H2,1H3. The van der Waals surface area contributed by atoms with Gasteiger partial charge in [0.1, 0.15) is 11.5 Å². The number of anilines is 1. The first-order chi connectivity index (χ1) is 13.9. The maximum absolute atomic E-state index is 13.2. The van der Waals surface area contributed by atoms with Crippen molar-refractivity contribution in [2.24, 2.45) is 0 Å². The Bertz CT molecular complexity index is 1070. The lowest BCUT2D eigenvalue weighted by Crippen LogP contribution is -2.40. The number of halogens is 1. The quantitative estimate of drug-likeness (QED) is 0.562. The summed E-state index contributed by atoms with van der Waals surface area (Å²) in [7, 11) is -2.64. The van der Waals surface area contributed by atoms with Crippen molar-refractivity contribution in [3.63, 3.8) is 0 Å². The van der Waals surface area contributed by atoms with Gasteiger partial charge in [-0.1, -0.05) is 29.8 Å². The molecule has 1 amide bonds. The summed E-state index contributed by atoms with van der Waals surface area (Å²) in [5.41, 5.74) is 0.180. The Labute approximate surface area is 174 Å². The summed E-state index contributed by atoms with van der Waals surface area (Å²) in [5.74, 6) is 0.194. The van der Waals surface area contributed by atoms with Crippen LogP contribution in [0, 0.1) is 0 Å². The van der Waals surface area contributed by atoms with Gasteiger partial charge in [-0.2, -0.15) is 4.31 Å². The Hall–Kier alpha value is -3.03. The number of carbonyl (C=O) groups is 1. The van der Waals surface area contributed by atoms with Gasteiger partial charge in [0, 0.05) is 5.02 Å². The predicted octanol–water partition coefficient (Wildman–Crippen LogP) is 4.15. The van der Waals surface area contributed by atoms with Gasteiger partial charge >= 0.3 is 0 Å². The smallest absolute Gasteiger partial charge is 0.278 e. The van der Waals surface area contributed by atoms with E-state index in [-0.39, 0.29) is 10.6 Å². The summed E-state index contributed by atoms with van der Waals surface area (Å²) in [5, 5.41) is 0.523. The molecule has 0 aromatic heterocycles. The molecule has 3 aromatic carbocycles. The van der Waals surface area contributed by atoms with Gasteiger partial charge in [-0.05, 0) is 60.7 Å². The van der Waals surface area contributed by atoms with Gasteiger partial charge in [0.15, 0.2) is 6.61 Å². The molecule has 6 nitrogen and oxygen atoms in total. The first kappa shape index (κ1) is 20.7. The molecule has 0 radical (unpaired) electrons. The monoisotopic (exact) mass is 431 g/mol. The summed E-state index contributed by atoms with van der Waals surface area (Å²) in [4.78, 5) is 12.9. The Balaban J connectivity index is 1.93. The molecule has 3 rings (SSSR count). The molecule has 0 aliphatic heterocycles. The van der Waals surface area contributed by atoms with E-state index in [1.165, 1.54) is 31.4 Å². The third kappa shape index (κ3) is 4.88. The summed E-state index contributed by atoms with van der Waals surface area (Å²) in [6.07, 6.45) is 0. The van der Waals surface area contributed by atoms with E-state index in [0.717, 1.165) is 4.31 Å². The minimum absolute atomic E-state index is 0.00402. The van der Waals surface area contributed by atoms with Gasteiger partial charge in [0.05, 0.1) is 17.7 Å². The van der Waals surface area contributed by atoms with E-state index < -0.39 is 22.5 Å². The predicted molar refractivity (Wildman–Crippen MR) is 111 cm³/mol. The van der Waals surface area contributed by atoms with Gasteiger partial charge in [-0.15, -0.1) is 0 Å². The normalized spacial score (nSPS) is 11.0. The number of amides is 1. The summed E-state index contributed by atoms with van der Waals surface area (Å²) >= 11 is 5.84. The van der Waals surface area contributed by atoms with E-state index in [2.05, 4.69) is 0 Å². The average Bonchev–Trinajstić information content (AvgIpc) is 2.74. The highest BCUT2D eigenvalue weighted by Gasteiger charge is 2.31. The molecule has 0 aliphatic rings. The van der Waals surface area contributed by atoms with Crippen molar-refractivity contribution >= 4 is 33.2 Å². The molecule has 3 aromatic rings. The van der Waals surface area contributed by atoms with Crippen LogP contribution >= 0.6 is 11.6 Å².